The molecule has 2 aliphatic rings. The molecule has 0 bridgehead atoms. The first-order chi connectivity index (χ1) is 9.15. The minimum atomic E-state index is 0.0374. The molecule has 6 heteroatoms. The minimum Gasteiger partial charge on any atom is -0.353 e. The van der Waals surface area contributed by atoms with Gasteiger partial charge in [-0.3, -0.25) is 14.3 Å². The summed E-state index contributed by atoms with van der Waals surface area (Å²) in [6.45, 7) is 1.43. The van der Waals surface area contributed by atoms with Gasteiger partial charge in [0.15, 0.2) is 0 Å². The zero-order valence-corrected chi connectivity index (χ0v) is 11.0. The van der Waals surface area contributed by atoms with Crippen LogP contribution in [-0.2, 0) is 11.8 Å². The standard InChI is InChI=1S/C13H18N4O2/c1-16-11(4-6-14-16)13(19)17-7-5-10-9(8-17)2-3-12(18)15-10/h4,6,9-10H,2-3,5,7-8H2,1H3,(H,15,18). The third-order valence-electron chi connectivity index (χ3n) is 4.15. The fourth-order valence-corrected chi connectivity index (χ4v) is 3.04. The van der Waals surface area contributed by atoms with E-state index in [1.165, 1.54) is 0 Å². The molecule has 19 heavy (non-hydrogen) atoms. The number of aryl methyl sites for hydroxylation is 1. The second-order valence-corrected chi connectivity index (χ2v) is 5.35. The number of hydrogen-bond acceptors (Lipinski definition) is 3. The molecule has 102 valence electrons. The molecule has 1 aromatic rings. The lowest BCUT2D eigenvalue weighted by molar-refractivity contribution is -0.125. The molecule has 0 saturated carbocycles. The van der Waals surface area contributed by atoms with E-state index in [1.54, 1.807) is 24.0 Å². The Morgan fingerprint density at radius 1 is 1.47 bits per heavy atom. The van der Waals surface area contributed by atoms with Crippen molar-refractivity contribution in [2.45, 2.75) is 25.3 Å². The number of carbonyl (C=O) groups excluding carboxylic acids is 2. The van der Waals surface area contributed by atoms with Crippen LogP contribution in [0.4, 0.5) is 0 Å². The average Bonchev–Trinajstić information content (AvgIpc) is 2.83. The average molecular weight is 262 g/mol. The van der Waals surface area contributed by atoms with Crippen molar-refractivity contribution in [3.8, 4) is 0 Å². The van der Waals surface area contributed by atoms with Gasteiger partial charge < -0.3 is 10.2 Å². The lowest BCUT2D eigenvalue weighted by atomic mass is 9.85. The van der Waals surface area contributed by atoms with E-state index in [9.17, 15) is 9.59 Å². The third-order valence-corrected chi connectivity index (χ3v) is 4.15. The predicted octanol–water partition coefficient (Wildman–Crippen LogP) is 0.161. The van der Waals surface area contributed by atoms with Crippen molar-refractivity contribution in [2.75, 3.05) is 13.1 Å². The number of hydrogen-bond donors (Lipinski definition) is 1. The van der Waals surface area contributed by atoms with Crippen LogP contribution in [0.15, 0.2) is 12.3 Å². The summed E-state index contributed by atoms with van der Waals surface area (Å²) in [6, 6.07) is 1.99. The van der Waals surface area contributed by atoms with Gasteiger partial charge in [0.2, 0.25) is 5.91 Å². The van der Waals surface area contributed by atoms with Crippen molar-refractivity contribution < 1.29 is 9.59 Å². The Morgan fingerprint density at radius 3 is 3.05 bits per heavy atom. The fourth-order valence-electron chi connectivity index (χ4n) is 3.04. The van der Waals surface area contributed by atoms with Gasteiger partial charge in [-0.2, -0.15) is 5.10 Å². The Labute approximate surface area is 111 Å². The van der Waals surface area contributed by atoms with Gasteiger partial charge in [0, 0.05) is 38.8 Å². The number of rotatable bonds is 1. The summed E-state index contributed by atoms with van der Waals surface area (Å²) >= 11 is 0. The smallest absolute Gasteiger partial charge is 0.272 e. The van der Waals surface area contributed by atoms with E-state index in [-0.39, 0.29) is 17.9 Å². The maximum Gasteiger partial charge on any atom is 0.272 e. The Hall–Kier alpha value is -1.85. The molecule has 0 aromatic carbocycles. The summed E-state index contributed by atoms with van der Waals surface area (Å²) in [4.78, 5) is 25.6. The van der Waals surface area contributed by atoms with Gasteiger partial charge in [0.25, 0.3) is 5.91 Å². The Morgan fingerprint density at radius 2 is 2.32 bits per heavy atom. The van der Waals surface area contributed by atoms with Gasteiger partial charge in [-0.15, -0.1) is 0 Å². The number of aromatic nitrogens is 2. The zero-order valence-electron chi connectivity index (χ0n) is 11.0. The number of likely N-dealkylation sites (tertiary alicyclic amines) is 1. The Balaban J connectivity index is 1.70. The van der Waals surface area contributed by atoms with Crippen LogP contribution in [-0.4, -0.2) is 45.6 Å². The first kappa shape index (κ1) is 12.2. The molecule has 2 atom stereocenters. The summed E-state index contributed by atoms with van der Waals surface area (Å²) in [7, 11) is 1.78. The largest absolute Gasteiger partial charge is 0.353 e. The number of amides is 2. The van der Waals surface area contributed by atoms with Crippen LogP contribution >= 0.6 is 0 Å². The highest BCUT2D eigenvalue weighted by molar-refractivity contribution is 5.92. The normalized spacial score (nSPS) is 26.8. The van der Waals surface area contributed by atoms with Crippen LogP contribution in [0.25, 0.3) is 0 Å². The molecule has 2 aliphatic heterocycles. The second kappa shape index (κ2) is 4.68. The van der Waals surface area contributed by atoms with Gasteiger partial charge in [-0.05, 0) is 24.8 Å². The van der Waals surface area contributed by atoms with Crippen LogP contribution < -0.4 is 5.32 Å². The van der Waals surface area contributed by atoms with Gasteiger partial charge in [0.05, 0.1) is 0 Å². The second-order valence-electron chi connectivity index (χ2n) is 5.35. The van der Waals surface area contributed by atoms with Crippen LogP contribution in [0.3, 0.4) is 0 Å². The number of fused-ring (bicyclic) bond motifs is 1. The number of nitrogens with one attached hydrogen (secondary N) is 1. The quantitative estimate of drug-likeness (QED) is 0.784. The highest BCUT2D eigenvalue weighted by atomic mass is 16.2. The number of carbonyl (C=O) groups is 2. The molecule has 2 fully saturated rings. The summed E-state index contributed by atoms with van der Waals surface area (Å²) in [5, 5.41) is 7.07. The lowest BCUT2D eigenvalue weighted by Gasteiger charge is -2.41. The topological polar surface area (TPSA) is 67.2 Å². The van der Waals surface area contributed by atoms with Crippen molar-refractivity contribution in [3.05, 3.63) is 18.0 Å². The van der Waals surface area contributed by atoms with Crippen molar-refractivity contribution in [1.82, 2.24) is 20.0 Å². The van der Waals surface area contributed by atoms with Crippen molar-refractivity contribution >= 4 is 11.8 Å². The molecule has 1 aromatic heterocycles. The maximum absolute atomic E-state index is 12.4. The fraction of sp³-hybridized carbons (Fsp3) is 0.615. The molecule has 3 heterocycles. The van der Waals surface area contributed by atoms with Crippen LogP contribution in [0.2, 0.25) is 0 Å². The van der Waals surface area contributed by atoms with Crippen molar-refractivity contribution in [1.29, 1.82) is 0 Å². The summed E-state index contributed by atoms with van der Waals surface area (Å²) in [5.74, 6) is 0.576. The number of nitrogens with zero attached hydrogens (tertiary/aromatic N) is 3. The third kappa shape index (κ3) is 2.22. The molecule has 2 unspecified atom stereocenters. The van der Waals surface area contributed by atoms with Gasteiger partial charge in [-0.1, -0.05) is 0 Å². The number of piperidine rings is 2. The van der Waals surface area contributed by atoms with Gasteiger partial charge >= 0.3 is 0 Å². The van der Waals surface area contributed by atoms with Gasteiger partial charge in [0.1, 0.15) is 5.69 Å². The van der Waals surface area contributed by atoms with E-state index in [0.717, 1.165) is 19.4 Å². The SMILES string of the molecule is Cn1nccc1C(=O)N1CCC2NC(=O)CCC2C1. The predicted molar refractivity (Wildman–Crippen MR) is 68.4 cm³/mol. The van der Waals surface area contributed by atoms with E-state index in [0.29, 0.717) is 24.6 Å². The molecular weight excluding hydrogens is 244 g/mol. The molecule has 0 spiro atoms. The highest BCUT2D eigenvalue weighted by Gasteiger charge is 2.35. The minimum absolute atomic E-state index is 0.0374. The molecule has 2 saturated heterocycles. The van der Waals surface area contributed by atoms with E-state index < -0.39 is 0 Å². The van der Waals surface area contributed by atoms with Crippen LogP contribution in [0.1, 0.15) is 29.8 Å². The summed E-state index contributed by atoms with van der Waals surface area (Å²) in [6.07, 6.45) is 3.95. The Bertz CT molecular complexity index is 510. The van der Waals surface area contributed by atoms with Gasteiger partial charge in [-0.25, -0.2) is 0 Å². The van der Waals surface area contributed by atoms with Crippen LogP contribution in [0, 0.1) is 5.92 Å². The lowest BCUT2D eigenvalue weighted by Crippen LogP contribution is -2.55. The van der Waals surface area contributed by atoms with E-state index in [4.69, 9.17) is 0 Å². The van der Waals surface area contributed by atoms with E-state index in [2.05, 4.69) is 10.4 Å². The van der Waals surface area contributed by atoms with E-state index in [1.807, 2.05) is 4.90 Å². The molecule has 1 N–H and O–H groups in total. The molecular formula is C13H18N4O2. The van der Waals surface area contributed by atoms with E-state index >= 15 is 0 Å². The summed E-state index contributed by atoms with van der Waals surface area (Å²) < 4.78 is 1.61. The molecule has 0 aliphatic carbocycles. The van der Waals surface area contributed by atoms with Crippen molar-refractivity contribution in [3.63, 3.8) is 0 Å². The summed E-state index contributed by atoms with van der Waals surface area (Å²) in [5.41, 5.74) is 0.623. The Kier molecular flexibility index (Phi) is 3.00. The molecule has 0 radical (unpaired) electrons. The first-order valence-corrected chi connectivity index (χ1v) is 6.72. The monoisotopic (exact) mass is 262 g/mol. The van der Waals surface area contributed by atoms with Crippen molar-refractivity contribution in [2.24, 2.45) is 13.0 Å². The molecule has 3 rings (SSSR count). The molecule has 2 amide bonds. The zero-order chi connectivity index (χ0) is 13.4. The highest BCUT2D eigenvalue weighted by Crippen LogP contribution is 2.26. The molecule has 6 nitrogen and oxygen atoms in total. The van der Waals surface area contributed by atoms with Crippen LogP contribution in [0.5, 0.6) is 0 Å². The first-order valence-electron chi connectivity index (χ1n) is 6.72. The maximum atomic E-state index is 12.4.